The highest BCUT2D eigenvalue weighted by Gasteiger charge is 2.34. The molecule has 0 amide bonds. The summed E-state index contributed by atoms with van der Waals surface area (Å²) < 4.78 is 10.8. The first kappa shape index (κ1) is 11.8. The SMILES string of the molecule is COc1cccc(OC)c1C1=NNCC1(C)C. The Hall–Kier alpha value is -1.71. The predicted molar refractivity (Wildman–Crippen MR) is 67.9 cm³/mol. The molecule has 1 aliphatic heterocycles. The lowest BCUT2D eigenvalue weighted by atomic mass is 9.84. The van der Waals surface area contributed by atoms with Crippen molar-refractivity contribution in [2.24, 2.45) is 10.5 Å². The van der Waals surface area contributed by atoms with E-state index in [1.807, 2.05) is 18.2 Å². The second kappa shape index (κ2) is 4.28. The van der Waals surface area contributed by atoms with Crippen LogP contribution in [-0.2, 0) is 0 Å². The van der Waals surface area contributed by atoms with E-state index in [4.69, 9.17) is 9.47 Å². The second-order valence-corrected chi connectivity index (χ2v) is 4.72. The van der Waals surface area contributed by atoms with Gasteiger partial charge in [0, 0.05) is 12.0 Å². The van der Waals surface area contributed by atoms with Crippen LogP contribution in [0.5, 0.6) is 11.5 Å². The molecule has 4 nitrogen and oxygen atoms in total. The molecule has 2 rings (SSSR count). The van der Waals surface area contributed by atoms with E-state index >= 15 is 0 Å². The van der Waals surface area contributed by atoms with Gasteiger partial charge in [-0.05, 0) is 12.1 Å². The maximum Gasteiger partial charge on any atom is 0.131 e. The van der Waals surface area contributed by atoms with E-state index in [1.54, 1.807) is 14.2 Å². The predicted octanol–water partition coefficient (Wildman–Crippen LogP) is 2.04. The van der Waals surface area contributed by atoms with Gasteiger partial charge in [-0.15, -0.1) is 0 Å². The number of methoxy groups -OCH3 is 2. The maximum atomic E-state index is 5.40. The number of hydrogen-bond acceptors (Lipinski definition) is 4. The summed E-state index contributed by atoms with van der Waals surface area (Å²) in [4.78, 5) is 0. The van der Waals surface area contributed by atoms with Gasteiger partial charge in [0.1, 0.15) is 11.5 Å². The van der Waals surface area contributed by atoms with Gasteiger partial charge in [0.05, 0.1) is 25.5 Å². The highest BCUT2D eigenvalue weighted by Crippen LogP contribution is 2.36. The van der Waals surface area contributed by atoms with E-state index in [9.17, 15) is 0 Å². The van der Waals surface area contributed by atoms with Crippen LogP contribution in [0.2, 0.25) is 0 Å². The molecule has 1 heterocycles. The van der Waals surface area contributed by atoms with Crippen molar-refractivity contribution in [1.29, 1.82) is 0 Å². The lowest BCUT2D eigenvalue weighted by Crippen LogP contribution is -2.26. The van der Waals surface area contributed by atoms with Crippen molar-refractivity contribution >= 4 is 5.71 Å². The average Bonchev–Trinajstić information content (AvgIpc) is 2.67. The summed E-state index contributed by atoms with van der Waals surface area (Å²) in [7, 11) is 3.32. The Morgan fingerprint density at radius 2 is 1.76 bits per heavy atom. The van der Waals surface area contributed by atoms with Crippen molar-refractivity contribution in [3.63, 3.8) is 0 Å². The molecule has 0 atom stereocenters. The minimum atomic E-state index is -0.0259. The fraction of sp³-hybridized carbons (Fsp3) is 0.462. The number of hydrazone groups is 1. The highest BCUT2D eigenvalue weighted by atomic mass is 16.5. The Morgan fingerprint density at radius 3 is 2.18 bits per heavy atom. The zero-order valence-corrected chi connectivity index (χ0v) is 10.7. The normalized spacial score (nSPS) is 17.3. The highest BCUT2D eigenvalue weighted by molar-refractivity contribution is 6.09. The topological polar surface area (TPSA) is 42.9 Å². The summed E-state index contributed by atoms with van der Waals surface area (Å²) in [6.07, 6.45) is 0. The first-order valence-electron chi connectivity index (χ1n) is 5.62. The number of nitrogens with zero attached hydrogens (tertiary/aromatic N) is 1. The molecular formula is C13H18N2O2. The van der Waals surface area contributed by atoms with Crippen molar-refractivity contribution < 1.29 is 9.47 Å². The van der Waals surface area contributed by atoms with Gasteiger partial charge >= 0.3 is 0 Å². The standard InChI is InChI=1S/C13H18N2O2/c1-13(2)8-14-15-12(13)11-9(16-3)6-5-7-10(11)17-4/h5-7,14H,8H2,1-4H3. The molecule has 0 saturated carbocycles. The third-order valence-corrected chi connectivity index (χ3v) is 3.02. The van der Waals surface area contributed by atoms with Gasteiger partial charge in [0.15, 0.2) is 0 Å². The number of ether oxygens (including phenoxy) is 2. The number of rotatable bonds is 3. The van der Waals surface area contributed by atoms with Gasteiger partial charge in [-0.3, -0.25) is 0 Å². The molecule has 0 fully saturated rings. The molecule has 17 heavy (non-hydrogen) atoms. The van der Waals surface area contributed by atoms with Crippen LogP contribution >= 0.6 is 0 Å². The summed E-state index contributed by atoms with van der Waals surface area (Å²) >= 11 is 0. The molecule has 0 bridgehead atoms. The van der Waals surface area contributed by atoms with E-state index in [-0.39, 0.29) is 5.41 Å². The molecule has 0 aliphatic carbocycles. The van der Waals surface area contributed by atoms with Crippen LogP contribution in [0.15, 0.2) is 23.3 Å². The van der Waals surface area contributed by atoms with Gasteiger partial charge in [-0.2, -0.15) is 5.10 Å². The van der Waals surface area contributed by atoms with Gasteiger partial charge in [-0.25, -0.2) is 0 Å². The van der Waals surface area contributed by atoms with Crippen LogP contribution in [0.3, 0.4) is 0 Å². The molecule has 4 heteroatoms. The Bertz CT molecular complexity index is 430. The van der Waals surface area contributed by atoms with Crippen molar-refractivity contribution in [2.45, 2.75) is 13.8 Å². The van der Waals surface area contributed by atoms with Crippen LogP contribution in [0.4, 0.5) is 0 Å². The largest absolute Gasteiger partial charge is 0.496 e. The Balaban J connectivity index is 2.57. The van der Waals surface area contributed by atoms with E-state index in [1.165, 1.54) is 0 Å². The molecular weight excluding hydrogens is 216 g/mol. The van der Waals surface area contributed by atoms with Crippen molar-refractivity contribution in [1.82, 2.24) is 5.43 Å². The summed E-state index contributed by atoms with van der Waals surface area (Å²) in [5, 5.41) is 4.38. The fourth-order valence-corrected chi connectivity index (χ4v) is 2.03. The zero-order chi connectivity index (χ0) is 12.5. The summed E-state index contributed by atoms with van der Waals surface area (Å²) in [5.74, 6) is 1.58. The smallest absolute Gasteiger partial charge is 0.131 e. The van der Waals surface area contributed by atoms with Gasteiger partial charge in [0.25, 0.3) is 0 Å². The molecule has 1 aromatic rings. The number of nitrogens with one attached hydrogen (secondary N) is 1. The van der Waals surface area contributed by atoms with Crippen LogP contribution in [0, 0.1) is 5.41 Å². The van der Waals surface area contributed by atoms with E-state index < -0.39 is 0 Å². The van der Waals surface area contributed by atoms with Crippen LogP contribution < -0.4 is 14.9 Å². The summed E-state index contributed by atoms with van der Waals surface area (Å²) in [6, 6.07) is 5.76. The molecule has 92 valence electrons. The quantitative estimate of drug-likeness (QED) is 0.870. The van der Waals surface area contributed by atoms with Gasteiger partial charge < -0.3 is 14.9 Å². The number of benzene rings is 1. The van der Waals surface area contributed by atoms with E-state index in [0.717, 1.165) is 29.3 Å². The van der Waals surface area contributed by atoms with E-state index in [0.29, 0.717) is 0 Å². The molecule has 0 spiro atoms. The van der Waals surface area contributed by atoms with E-state index in [2.05, 4.69) is 24.4 Å². The Labute approximate surface area is 102 Å². The maximum absolute atomic E-state index is 5.40. The Morgan fingerprint density at radius 1 is 1.18 bits per heavy atom. The monoisotopic (exact) mass is 234 g/mol. The van der Waals surface area contributed by atoms with Crippen molar-refractivity contribution in [3.05, 3.63) is 23.8 Å². The average molecular weight is 234 g/mol. The van der Waals surface area contributed by atoms with Crippen LogP contribution in [0.1, 0.15) is 19.4 Å². The summed E-state index contributed by atoms with van der Waals surface area (Å²) in [5.41, 5.74) is 4.93. The first-order chi connectivity index (χ1) is 8.10. The lowest BCUT2D eigenvalue weighted by Gasteiger charge is -2.21. The molecule has 1 aliphatic rings. The molecule has 1 N–H and O–H groups in total. The molecule has 0 unspecified atom stereocenters. The lowest BCUT2D eigenvalue weighted by molar-refractivity contribution is 0.391. The van der Waals surface area contributed by atoms with Crippen LogP contribution in [0.25, 0.3) is 0 Å². The first-order valence-corrected chi connectivity index (χ1v) is 5.62. The molecule has 0 aromatic heterocycles. The zero-order valence-electron chi connectivity index (χ0n) is 10.7. The van der Waals surface area contributed by atoms with Crippen molar-refractivity contribution in [3.8, 4) is 11.5 Å². The van der Waals surface area contributed by atoms with Crippen LogP contribution in [-0.4, -0.2) is 26.5 Å². The minimum Gasteiger partial charge on any atom is -0.496 e. The van der Waals surface area contributed by atoms with Crippen molar-refractivity contribution in [2.75, 3.05) is 20.8 Å². The van der Waals surface area contributed by atoms with Gasteiger partial charge in [0.2, 0.25) is 0 Å². The Kier molecular flexibility index (Phi) is 2.96. The minimum absolute atomic E-state index is 0.0259. The number of hydrogen-bond donors (Lipinski definition) is 1. The molecule has 0 saturated heterocycles. The summed E-state index contributed by atoms with van der Waals surface area (Å²) in [6.45, 7) is 5.12. The van der Waals surface area contributed by atoms with Gasteiger partial charge in [-0.1, -0.05) is 19.9 Å². The molecule has 0 radical (unpaired) electrons. The second-order valence-electron chi connectivity index (χ2n) is 4.72. The third kappa shape index (κ3) is 1.95. The molecule has 1 aromatic carbocycles. The fourth-order valence-electron chi connectivity index (χ4n) is 2.03. The third-order valence-electron chi connectivity index (χ3n) is 3.02.